The van der Waals surface area contributed by atoms with Crippen molar-refractivity contribution in [1.29, 1.82) is 0 Å². The van der Waals surface area contributed by atoms with E-state index in [1.807, 2.05) is 0 Å². The topological polar surface area (TPSA) is 0 Å². The molecule has 0 fully saturated rings. The second kappa shape index (κ2) is 4.14. The van der Waals surface area contributed by atoms with Gasteiger partial charge in [0.25, 0.3) is 0 Å². The van der Waals surface area contributed by atoms with E-state index in [1.165, 1.54) is 29.3 Å². The van der Waals surface area contributed by atoms with Crippen molar-refractivity contribution in [2.75, 3.05) is 0 Å². The quantitative estimate of drug-likeness (QED) is 0.724. The SMILES string of the molecule is CCCCc1cscc1Br. The molecule has 0 nitrogen and oxygen atoms in total. The first-order chi connectivity index (χ1) is 4.84. The van der Waals surface area contributed by atoms with Gasteiger partial charge in [-0.3, -0.25) is 0 Å². The molecule has 0 aliphatic carbocycles. The van der Waals surface area contributed by atoms with Gasteiger partial charge >= 0.3 is 0 Å². The van der Waals surface area contributed by atoms with Gasteiger partial charge in [-0.2, -0.15) is 11.3 Å². The van der Waals surface area contributed by atoms with E-state index in [9.17, 15) is 0 Å². The standard InChI is InChI=1S/C8H11BrS/c1-2-3-4-7-5-10-6-8(7)9/h5-6H,2-4H2,1H3. The Hall–Kier alpha value is 0.180. The van der Waals surface area contributed by atoms with Crippen LogP contribution in [0.15, 0.2) is 15.2 Å². The minimum Gasteiger partial charge on any atom is -0.151 e. The Morgan fingerprint density at radius 1 is 1.50 bits per heavy atom. The number of hydrogen-bond donors (Lipinski definition) is 0. The summed E-state index contributed by atoms with van der Waals surface area (Å²) in [7, 11) is 0. The van der Waals surface area contributed by atoms with Gasteiger partial charge in [0, 0.05) is 9.85 Å². The molecule has 1 heterocycles. The Morgan fingerprint density at radius 3 is 2.80 bits per heavy atom. The van der Waals surface area contributed by atoms with Gasteiger partial charge in [-0.05, 0) is 39.7 Å². The average Bonchev–Trinajstić information content (AvgIpc) is 2.31. The van der Waals surface area contributed by atoms with E-state index in [0.29, 0.717) is 0 Å². The Morgan fingerprint density at radius 2 is 2.30 bits per heavy atom. The van der Waals surface area contributed by atoms with E-state index < -0.39 is 0 Å². The number of unbranched alkanes of at least 4 members (excludes halogenated alkanes) is 1. The number of rotatable bonds is 3. The Balaban J connectivity index is 2.49. The average molecular weight is 219 g/mol. The second-order valence-corrected chi connectivity index (χ2v) is 3.95. The lowest BCUT2D eigenvalue weighted by atomic mass is 10.2. The number of halogens is 1. The summed E-state index contributed by atoms with van der Waals surface area (Å²) in [6.45, 7) is 2.22. The predicted molar refractivity (Wildman–Crippen MR) is 50.6 cm³/mol. The van der Waals surface area contributed by atoms with Crippen LogP contribution >= 0.6 is 27.3 Å². The monoisotopic (exact) mass is 218 g/mol. The minimum atomic E-state index is 1.22. The number of aryl methyl sites for hydroxylation is 1. The van der Waals surface area contributed by atoms with E-state index in [4.69, 9.17) is 0 Å². The van der Waals surface area contributed by atoms with Crippen molar-refractivity contribution in [3.63, 3.8) is 0 Å². The third kappa shape index (κ3) is 2.10. The van der Waals surface area contributed by atoms with Gasteiger partial charge in [-0.25, -0.2) is 0 Å². The third-order valence-electron chi connectivity index (χ3n) is 1.49. The molecule has 0 aromatic carbocycles. The Kier molecular flexibility index (Phi) is 3.43. The summed E-state index contributed by atoms with van der Waals surface area (Å²) in [4.78, 5) is 0. The van der Waals surface area contributed by atoms with Crippen LogP contribution in [0.1, 0.15) is 25.3 Å². The van der Waals surface area contributed by atoms with Gasteiger partial charge in [-0.15, -0.1) is 0 Å². The number of thiophene rings is 1. The highest BCUT2D eigenvalue weighted by molar-refractivity contribution is 9.10. The van der Waals surface area contributed by atoms with Crippen LogP contribution < -0.4 is 0 Å². The first-order valence-electron chi connectivity index (χ1n) is 3.55. The molecule has 0 saturated heterocycles. The predicted octanol–water partition coefficient (Wildman–Crippen LogP) is 3.85. The lowest BCUT2D eigenvalue weighted by molar-refractivity contribution is 0.795. The Bertz CT molecular complexity index is 193. The van der Waals surface area contributed by atoms with Crippen LogP contribution in [0.2, 0.25) is 0 Å². The molecular weight excluding hydrogens is 208 g/mol. The molecule has 0 aliphatic rings. The molecule has 1 aromatic rings. The molecule has 0 N–H and O–H groups in total. The van der Waals surface area contributed by atoms with Crippen LogP contribution in [-0.2, 0) is 6.42 Å². The maximum absolute atomic E-state index is 3.51. The van der Waals surface area contributed by atoms with Gasteiger partial charge in [0.2, 0.25) is 0 Å². The fraction of sp³-hybridized carbons (Fsp3) is 0.500. The summed E-state index contributed by atoms with van der Waals surface area (Å²) in [5.41, 5.74) is 1.46. The molecule has 0 atom stereocenters. The maximum atomic E-state index is 3.51. The first kappa shape index (κ1) is 8.28. The van der Waals surface area contributed by atoms with Crippen LogP contribution in [0.3, 0.4) is 0 Å². The zero-order chi connectivity index (χ0) is 7.40. The van der Waals surface area contributed by atoms with Crippen molar-refractivity contribution in [1.82, 2.24) is 0 Å². The van der Waals surface area contributed by atoms with E-state index in [-0.39, 0.29) is 0 Å². The van der Waals surface area contributed by atoms with E-state index in [1.54, 1.807) is 11.3 Å². The van der Waals surface area contributed by atoms with Gasteiger partial charge in [-0.1, -0.05) is 13.3 Å². The molecule has 0 amide bonds. The largest absolute Gasteiger partial charge is 0.151 e. The van der Waals surface area contributed by atoms with Crippen molar-refractivity contribution >= 4 is 27.3 Å². The van der Waals surface area contributed by atoms with Crippen LogP contribution in [0.4, 0.5) is 0 Å². The molecule has 1 aromatic heterocycles. The van der Waals surface area contributed by atoms with E-state index >= 15 is 0 Å². The summed E-state index contributed by atoms with van der Waals surface area (Å²) < 4.78 is 1.28. The highest BCUT2D eigenvalue weighted by Gasteiger charge is 1.97. The summed E-state index contributed by atoms with van der Waals surface area (Å²) in [6.07, 6.45) is 3.80. The van der Waals surface area contributed by atoms with Gasteiger partial charge in [0.05, 0.1) is 0 Å². The second-order valence-electron chi connectivity index (χ2n) is 2.35. The molecule has 1 rings (SSSR count). The lowest BCUT2D eigenvalue weighted by Gasteiger charge is -1.94. The summed E-state index contributed by atoms with van der Waals surface area (Å²) in [5, 5.41) is 4.37. The van der Waals surface area contributed by atoms with Crippen molar-refractivity contribution in [3.05, 3.63) is 20.8 Å². The molecule has 2 heteroatoms. The van der Waals surface area contributed by atoms with Crippen molar-refractivity contribution < 1.29 is 0 Å². The summed E-state index contributed by atoms with van der Waals surface area (Å²) >= 11 is 5.28. The van der Waals surface area contributed by atoms with Crippen LogP contribution in [0, 0.1) is 0 Å². The third-order valence-corrected chi connectivity index (χ3v) is 3.32. The molecule has 0 aliphatic heterocycles. The first-order valence-corrected chi connectivity index (χ1v) is 5.28. The van der Waals surface area contributed by atoms with Crippen molar-refractivity contribution in [3.8, 4) is 0 Å². The van der Waals surface area contributed by atoms with Crippen molar-refractivity contribution in [2.24, 2.45) is 0 Å². The highest BCUT2D eigenvalue weighted by Crippen LogP contribution is 2.22. The summed E-state index contributed by atoms with van der Waals surface area (Å²) in [6, 6.07) is 0. The summed E-state index contributed by atoms with van der Waals surface area (Å²) in [5.74, 6) is 0. The van der Waals surface area contributed by atoms with Crippen molar-refractivity contribution in [2.45, 2.75) is 26.2 Å². The normalized spacial score (nSPS) is 10.2. The minimum absolute atomic E-state index is 1.22. The van der Waals surface area contributed by atoms with Gasteiger partial charge in [0.1, 0.15) is 0 Å². The van der Waals surface area contributed by atoms with E-state index in [0.717, 1.165) is 0 Å². The molecule has 10 heavy (non-hydrogen) atoms. The van der Waals surface area contributed by atoms with Crippen LogP contribution in [0.25, 0.3) is 0 Å². The fourth-order valence-electron chi connectivity index (χ4n) is 0.853. The lowest BCUT2D eigenvalue weighted by Crippen LogP contribution is -1.80. The molecule has 0 spiro atoms. The fourth-order valence-corrected chi connectivity index (χ4v) is 2.39. The van der Waals surface area contributed by atoms with Crippen LogP contribution in [-0.4, -0.2) is 0 Å². The number of hydrogen-bond acceptors (Lipinski definition) is 1. The molecule has 0 bridgehead atoms. The Labute approximate surface area is 74.4 Å². The molecule has 56 valence electrons. The smallest absolute Gasteiger partial charge is 0.0314 e. The molecule has 0 saturated carbocycles. The maximum Gasteiger partial charge on any atom is 0.0314 e. The van der Waals surface area contributed by atoms with Gasteiger partial charge in [0.15, 0.2) is 0 Å². The highest BCUT2D eigenvalue weighted by atomic mass is 79.9. The molecule has 0 unspecified atom stereocenters. The molecular formula is C8H11BrS. The van der Waals surface area contributed by atoms with Crippen LogP contribution in [0.5, 0.6) is 0 Å². The molecule has 0 radical (unpaired) electrons. The zero-order valence-corrected chi connectivity index (χ0v) is 8.46. The van der Waals surface area contributed by atoms with Gasteiger partial charge < -0.3 is 0 Å². The zero-order valence-electron chi connectivity index (χ0n) is 6.06. The van der Waals surface area contributed by atoms with E-state index in [2.05, 4.69) is 33.6 Å².